The minimum atomic E-state index is -1.02. The largest absolute Gasteiger partial charge is 0.480 e. The number of benzene rings is 1. The summed E-state index contributed by atoms with van der Waals surface area (Å²) < 4.78 is 4.59. The van der Waals surface area contributed by atoms with Crippen molar-refractivity contribution in [3.8, 4) is 0 Å². The number of carbonyl (C=O) groups is 3. The molecule has 0 aromatic heterocycles. The molecule has 3 atom stereocenters. The van der Waals surface area contributed by atoms with Crippen molar-refractivity contribution in [1.29, 1.82) is 0 Å². The molecule has 2 rings (SSSR count). The Kier molecular flexibility index (Phi) is 15.3. The number of carbonyl (C=O) groups excluding carboxylic acids is 2. The molecule has 14 heteroatoms. The molecule has 1 saturated heterocycles. The molecule has 1 heterocycles. The number of aryl methyl sites for hydroxylation is 1. The van der Waals surface area contributed by atoms with E-state index in [1.165, 1.54) is 4.90 Å². The van der Waals surface area contributed by atoms with Crippen LogP contribution in [0, 0.1) is 0 Å². The van der Waals surface area contributed by atoms with Crippen LogP contribution in [0.3, 0.4) is 0 Å². The van der Waals surface area contributed by atoms with Crippen molar-refractivity contribution >= 4 is 18.0 Å². The molecule has 5 N–H and O–H groups in total. The predicted octanol–water partition coefficient (Wildman–Crippen LogP) is 1.86. The molecule has 0 saturated carbocycles. The van der Waals surface area contributed by atoms with Crippen LogP contribution in [-0.2, 0) is 35.4 Å². The van der Waals surface area contributed by atoms with Crippen molar-refractivity contribution in [3.05, 3.63) is 35.9 Å². The fourth-order valence-electron chi connectivity index (χ4n) is 4.31. The first-order valence-electron chi connectivity index (χ1n) is 13.1. The van der Waals surface area contributed by atoms with E-state index in [0.717, 1.165) is 12.0 Å². The second kappa shape index (κ2) is 18.4. The average Bonchev–Trinajstić information content (AvgIpc) is 3.41. The van der Waals surface area contributed by atoms with Crippen molar-refractivity contribution in [1.82, 2.24) is 20.9 Å². The van der Waals surface area contributed by atoms with E-state index in [-0.39, 0.29) is 25.1 Å². The lowest BCUT2D eigenvalue weighted by Gasteiger charge is -2.30. The number of carboxylic acids is 1. The van der Waals surface area contributed by atoms with E-state index >= 15 is 0 Å². The number of unbranched alkanes of at least 4 members (excludes halogenated alkanes) is 1. The zero-order chi connectivity index (χ0) is 28.5. The summed E-state index contributed by atoms with van der Waals surface area (Å²) >= 11 is 0. The molecule has 2 amide bonds. The Morgan fingerprint density at radius 2 is 1.90 bits per heavy atom. The van der Waals surface area contributed by atoms with E-state index in [9.17, 15) is 19.5 Å². The molecule has 1 fully saturated rings. The lowest BCUT2D eigenvalue weighted by Crippen LogP contribution is -2.53. The minimum Gasteiger partial charge on any atom is -0.480 e. The van der Waals surface area contributed by atoms with Crippen molar-refractivity contribution in [2.45, 2.75) is 70.0 Å². The standard InChI is InChI=1S/C25H40N4O10/c1-2-38-39-17-20(14-13-19-9-4-3-5-10-19)27-21(23(30)28-16-8-12-22(28)24(31)32)11-6-7-15-26-25(33)36-18-37-29(34)35/h3-5,9-10,20-22,27,34-35H,2,6-8,11-18H2,1H3,(H,26,33)(H,31,32). The number of amides is 2. The molecule has 14 nitrogen and oxygen atoms in total. The lowest BCUT2D eigenvalue weighted by molar-refractivity contribution is -0.503. The van der Waals surface area contributed by atoms with Crippen molar-refractivity contribution < 1.29 is 49.3 Å². The summed E-state index contributed by atoms with van der Waals surface area (Å²) in [5, 5.41) is 31.7. The molecule has 39 heavy (non-hydrogen) atoms. The van der Waals surface area contributed by atoms with Crippen LogP contribution in [0.2, 0.25) is 0 Å². The van der Waals surface area contributed by atoms with Gasteiger partial charge in [0, 0.05) is 19.1 Å². The van der Waals surface area contributed by atoms with Gasteiger partial charge in [0.1, 0.15) is 6.04 Å². The number of hydrogen-bond donors (Lipinski definition) is 5. The number of alkyl carbamates (subject to hydrolysis) is 1. The van der Waals surface area contributed by atoms with Gasteiger partial charge in [-0.1, -0.05) is 30.3 Å². The molecule has 0 bridgehead atoms. The normalized spacial score (nSPS) is 16.7. The maximum Gasteiger partial charge on any atom is 0.409 e. The van der Waals surface area contributed by atoms with Gasteiger partial charge in [0.25, 0.3) is 0 Å². The van der Waals surface area contributed by atoms with Crippen LogP contribution in [0.4, 0.5) is 4.79 Å². The maximum atomic E-state index is 13.5. The molecule has 1 aromatic rings. The summed E-state index contributed by atoms with van der Waals surface area (Å²) in [6, 6.07) is 8.18. The highest BCUT2D eigenvalue weighted by Gasteiger charge is 2.37. The Morgan fingerprint density at radius 1 is 1.13 bits per heavy atom. The molecule has 3 unspecified atom stereocenters. The van der Waals surface area contributed by atoms with Crippen LogP contribution in [-0.4, -0.2) is 95.0 Å². The van der Waals surface area contributed by atoms with E-state index in [1.807, 2.05) is 37.3 Å². The number of carboxylic acid groups (broad SMARTS) is 1. The third-order valence-corrected chi connectivity index (χ3v) is 6.20. The molecular formula is C25H40N4O10. The number of ether oxygens (including phenoxy) is 1. The van der Waals surface area contributed by atoms with Crippen LogP contribution in [0.15, 0.2) is 30.3 Å². The Labute approximate surface area is 227 Å². The first-order valence-corrected chi connectivity index (χ1v) is 13.1. The van der Waals surface area contributed by atoms with Gasteiger partial charge >= 0.3 is 12.1 Å². The Morgan fingerprint density at radius 3 is 2.59 bits per heavy atom. The highest BCUT2D eigenvalue weighted by atomic mass is 17.2. The number of rotatable bonds is 19. The highest BCUT2D eigenvalue weighted by molar-refractivity contribution is 5.87. The van der Waals surface area contributed by atoms with E-state index in [0.29, 0.717) is 51.7 Å². The summed E-state index contributed by atoms with van der Waals surface area (Å²) in [4.78, 5) is 52.8. The predicted molar refractivity (Wildman–Crippen MR) is 135 cm³/mol. The van der Waals surface area contributed by atoms with E-state index in [1.54, 1.807) is 0 Å². The third-order valence-electron chi connectivity index (χ3n) is 6.20. The quantitative estimate of drug-likeness (QED) is 0.0724. The van der Waals surface area contributed by atoms with Crippen LogP contribution in [0.1, 0.15) is 51.0 Å². The highest BCUT2D eigenvalue weighted by Crippen LogP contribution is 2.20. The summed E-state index contributed by atoms with van der Waals surface area (Å²) in [6.45, 7) is 2.33. The monoisotopic (exact) mass is 556 g/mol. The topological polar surface area (TPSA) is 179 Å². The number of aliphatic carboxylic acids is 1. The van der Waals surface area contributed by atoms with Crippen LogP contribution >= 0.6 is 0 Å². The second-order valence-corrected chi connectivity index (χ2v) is 9.01. The SMILES string of the molecule is CCOOCC(CCc1ccccc1)NC(CCCCNC(=O)OCON(O)O)C(=O)N1CCCC1C(=O)O. The van der Waals surface area contributed by atoms with Gasteiger partial charge in [-0.25, -0.2) is 24.2 Å². The maximum absolute atomic E-state index is 13.5. The third kappa shape index (κ3) is 12.7. The van der Waals surface area contributed by atoms with E-state index < -0.39 is 36.3 Å². The van der Waals surface area contributed by atoms with Gasteiger partial charge in [-0.05, 0) is 57.4 Å². The number of nitrogens with one attached hydrogen (secondary N) is 2. The van der Waals surface area contributed by atoms with E-state index in [4.69, 9.17) is 20.2 Å². The molecule has 0 spiro atoms. The molecule has 1 aliphatic rings. The zero-order valence-electron chi connectivity index (χ0n) is 22.2. The Bertz CT molecular complexity index is 861. The van der Waals surface area contributed by atoms with Gasteiger partial charge in [0.05, 0.1) is 24.6 Å². The van der Waals surface area contributed by atoms with Crippen molar-refractivity contribution in [2.24, 2.45) is 0 Å². The number of nitrogens with zero attached hydrogens (tertiary/aromatic N) is 2. The van der Waals surface area contributed by atoms with Crippen LogP contribution < -0.4 is 10.6 Å². The van der Waals surface area contributed by atoms with Crippen molar-refractivity contribution in [2.75, 3.05) is 33.1 Å². The molecular weight excluding hydrogens is 516 g/mol. The van der Waals surface area contributed by atoms with Gasteiger partial charge in [-0.3, -0.25) is 15.2 Å². The Balaban J connectivity index is 1.99. The van der Waals surface area contributed by atoms with Crippen LogP contribution in [0.25, 0.3) is 0 Å². The summed E-state index contributed by atoms with van der Waals surface area (Å²) in [5.41, 5.74) is 1.14. The van der Waals surface area contributed by atoms with Gasteiger partial charge in [0.2, 0.25) is 12.7 Å². The second-order valence-electron chi connectivity index (χ2n) is 9.01. The summed E-state index contributed by atoms with van der Waals surface area (Å²) in [6.07, 6.45) is 3.11. The van der Waals surface area contributed by atoms with Crippen molar-refractivity contribution in [3.63, 3.8) is 0 Å². The van der Waals surface area contributed by atoms with E-state index in [2.05, 4.69) is 20.2 Å². The van der Waals surface area contributed by atoms with Gasteiger partial charge in [-0.2, -0.15) is 0 Å². The molecule has 1 aromatic carbocycles. The lowest BCUT2D eigenvalue weighted by atomic mass is 10.0. The first kappa shape index (κ1) is 32.4. The summed E-state index contributed by atoms with van der Waals surface area (Å²) in [5.74, 6) is -1.29. The zero-order valence-corrected chi connectivity index (χ0v) is 22.2. The smallest absolute Gasteiger partial charge is 0.409 e. The first-order chi connectivity index (χ1) is 18.8. The molecule has 0 aliphatic carbocycles. The van der Waals surface area contributed by atoms with Gasteiger partial charge in [0.15, 0.2) is 0 Å². The van der Waals surface area contributed by atoms with Crippen LogP contribution in [0.5, 0.6) is 0 Å². The minimum absolute atomic E-state index is 0.210. The Hall–Kier alpha value is -2.85. The van der Waals surface area contributed by atoms with Gasteiger partial charge in [-0.15, -0.1) is 0 Å². The average molecular weight is 557 g/mol. The fourth-order valence-corrected chi connectivity index (χ4v) is 4.31. The number of likely N-dealkylation sites (tertiary alicyclic amines) is 1. The molecule has 1 aliphatic heterocycles. The molecule has 220 valence electrons. The van der Waals surface area contributed by atoms with Gasteiger partial charge < -0.3 is 25.4 Å². The summed E-state index contributed by atoms with van der Waals surface area (Å²) in [7, 11) is 0. The fraction of sp³-hybridized carbons (Fsp3) is 0.640. The number of hydrogen-bond acceptors (Lipinski definition) is 11. The molecule has 0 radical (unpaired) electrons.